The lowest BCUT2D eigenvalue weighted by atomic mass is 10.2. The van der Waals surface area contributed by atoms with Gasteiger partial charge in [-0.15, -0.1) is 0 Å². The largest absolute Gasteiger partial charge is 0.481 e. The third-order valence-corrected chi connectivity index (χ3v) is 4.10. The molecule has 0 atom stereocenters. The molecule has 0 aliphatic rings. The van der Waals surface area contributed by atoms with Gasteiger partial charge in [-0.2, -0.15) is 0 Å². The normalized spacial score (nSPS) is 11.0. The molecule has 8 heteroatoms. The van der Waals surface area contributed by atoms with Crippen LogP contribution >= 0.6 is 0 Å². The smallest absolute Gasteiger partial charge is 0.333 e. The molecular formula is C20H21FN4O3. The lowest BCUT2D eigenvalue weighted by molar-refractivity contribution is -0.137. The molecule has 0 saturated carbocycles. The van der Waals surface area contributed by atoms with E-state index in [0.29, 0.717) is 17.2 Å². The molecule has 0 aliphatic carbocycles. The van der Waals surface area contributed by atoms with Gasteiger partial charge in [0.15, 0.2) is 0 Å². The number of hydrogen-bond acceptors (Lipinski definition) is 4. The van der Waals surface area contributed by atoms with E-state index in [4.69, 9.17) is 5.11 Å². The first-order chi connectivity index (χ1) is 13.3. The van der Waals surface area contributed by atoms with Crippen molar-refractivity contribution < 1.29 is 14.3 Å². The summed E-state index contributed by atoms with van der Waals surface area (Å²) in [5.74, 6) is -0.741. The van der Waals surface area contributed by atoms with Crippen molar-refractivity contribution in [3.8, 4) is 16.9 Å². The zero-order valence-corrected chi connectivity index (χ0v) is 15.6. The number of benzene rings is 1. The average Bonchev–Trinajstić information content (AvgIpc) is 2.97. The summed E-state index contributed by atoms with van der Waals surface area (Å²) in [6, 6.07) is 9.34. The summed E-state index contributed by atoms with van der Waals surface area (Å²) in [6.45, 7) is 4.02. The monoisotopic (exact) mass is 384 g/mol. The van der Waals surface area contributed by atoms with Gasteiger partial charge < -0.3 is 10.4 Å². The first-order valence-electron chi connectivity index (χ1n) is 8.88. The Bertz CT molecular complexity index is 1040. The number of rotatable bonds is 7. The number of aromatic nitrogens is 3. The van der Waals surface area contributed by atoms with E-state index >= 15 is 0 Å². The first-order valence-corrected chi connectivity index (χ1v) is 8.88. The molecular weight excluding hydrogens is 363 g/mol. The van der Waals surface area contributed by atoms with Gasteiger partial charge >= 0.3 is 11.7 Å². The molecule has 0 radical (unpaired) electrons. The van der Waals surface area contributed by atoms with Crippen LogP contribution in [0.2, 0.25) is 0 Å². The molecule has 2 N–H and O–H groups in total. The van der Waals surface area contributed by atoms with Crippen molar-refractivity contribution in [2.75, 3.05) is 5.32 Å². The van der Waals surface area contributed by atoms with Gasteiger partial charge in [-0.3, -0.25) is 13.9 Å². The van der Waals surface area contributed by atoms with Crippen LogP contribution in [0.15, 0.2) is 53.6 Å². The number of nitrogens with zero attached hydrogens (tertiary/aromatic N) is 3. The van der Waals surface area contributed by atoms with Crippen LogP contribution in [0, 0.1) is 5.82 Å². The quantitative estimate of drug-likeness (QED) is 0.653. The molecule has 0 aliphatic heterocycles. The molecule has 2 aromatic heterocycles. The summed E-state index contributed by atoms with van der Waals surface area (Å²) in [7, 11) is 0. The summed E-state index contributed by atoms with van der Waals surface area (Å²) in [5, 5.41) is 12.2. The molecule has 3 aromatic rings. The molecule has 0 bridgehead atoms. The van der Waals surface area contributed by atoms with E-state index in [1.807, 2.05) is 19.9 Å². The third kappa shape index (κ3) is 4.28. The number of imidazole rings is 1. The number of carboxylic acids is 1. The maximum atomic E-state index is 13.3. The Morgan fingerprint density at radius 2 is 1.96 bits per heavy atom. The molecule has 7 nitrogen and oxygen atoms in total. The molecule has 0 unspecified atom stereocenters. The zero-order valence-electron chi connectivity index (χ0n) is 15.6. The van der Waals surface area contributed by atoms with Crippen molar-refractivity contribution in [2.24, 2.45) is 0 Å². The summed E-state index contributed by atoms with van der Waals surface area (Å²) in [4.78, 5) is 28.1. The van der Waals surface area contributed by atoms with Crippen molar-refractivity contribution in [3.05, 3.63) is 65.1 Å². The Hall–Kier alpha value is -3.42. The maximum Gasteiger partial charge on any atom is 0.333 e. The maximum absolute atomic E-state index is 13.3. The topological polar surface area (TPSA) is 89.2 Å². The minimum absolute atomic E-state index is 0.0392. The number of pyridine rings is 1. The second-order valence-electron chi connectivity index (χ2n) is 6.67. The van der Waals surface area contributed by atoms with Gasteiger partial charge in [0.25, 0.3) is 0 Å². The second kappa shape index (κ2) is 8.08. The van der Waals surface area contributed by atoms with Crippen LogP contribution in [-0.4, -0.2) is 31.2 Å². The van der Waals surface area contributed by atoms with E-state index in [1.165, 1.54) is 33.4 Å². The molecule has 146 valence electrons. The predicted molar refractivity (Wildman–Crippen MR) is 104 cm³/mol. The summed E-state index contributed by atoms with van der Waals surface area (Å²) < 4.78 is 16.1. The molecule has 1 aromatic carbocycles. The van der Waals surface area contributed by atoms with E-state index in [9.17, 15) is 14.0 Å². The van der Waals surface area contributed by atoms with E-state index in [2.05, 4.69) is 10.3 Å². The number of carbonyl (C=O) groups is 1. The van der Waals surface area contributed by atoms with Crippen molar-refractivity contribution in [1.29, 1.82) is 0 Å². The molecule has 0 fully saturated rings. The number of halogens is 1. The molecule has 0 saturated heterocycles. The fourth-order valence-electron chi connectivity index (χ4n) is 2.88. The fraction of sp³-hybridized carbons (Fsp3) is 0.250. The summed E-state index contributed by atoms with van der Waals surface area (Å²) >= 11 is 0. The minimum Gasteiger partial charge on any atom is -0.481 e. The van der Waals surface area contributed by atoms with E-state index in [0.717, 1.165) is 5.56 Å². The zero-order chi connectivity index (χ0) is 20.3. The lowest BCUT2D eigenvalue weighted by Gasteiger charge is -2.11. The molecule has 2 heterocycles. The van der Waals surface area contributed by atoms with Gasteiger partial charge in [-0.05, 0) is 50.2 Å². The Balaban J connectivity index is 2.13. The van der Waals surface area contributed by atoms with Crippen LogP contribution in [0.3, 0.4) is 0 Å². The second-order valence-corrected chi connectivity index (χ2v) is 6.67. The number of hydrogen-bond donors (Lipinski definition) is 2. The number of anilines is 1. The molecule has 28 heavy (non-hydrogen) atoms. The fourth-order valence-corrected chi connectivity index (χ4v) is 2.88. The highest BCUT2D eigenvalue weighted by molar-refractivity contribution is 5.67. The first kappa shape index (κ1) is 19.3. The highest BCUT2D eigenvalue weighted by Crippen LogP contribution is 2.24. The SMILES string of the molecule is CC(C)Nc1cc(-c2cn(CCC(=O)O)c(=O)n2-c2ccc(F)cc2)ccn1. The van der Waals surface area contributed by atoms with Crippen LogP contribution < -0.4 is 11.0 Å². The van der Waals surface area contributed by atoms with Crippen molar-refractivity contribution in [2.45, 2.75) is 32.9 Å². The van der Waals surface area contributed by atoms with Gasteiger partial charge in [0, 0.05) is 30.5 Å². The Kier molecular flexibility index (Phi) is 5.58. The molecule has 0 amide bonds. The summed E-state index contributed by atoms with van der Waals surface area (Å²) in [5.41, 5.74) is 1.40. The Morgan fingerprint density at radius 3 is 2.61 bits per heavy atom. The number of aliphatic carboxylic acids is 1. The highest BCUT2D eigenvalue weighted by Gasteiger charge is 2.16. The van der Waals surface area contributed by atoms with Crippen molar-refractivity contribution in [3.63, 3.8) is 0 Å². The van der Waals surface area contributed by atoms with Crippen LogP contribution in [0.25, 0.3) is 16.9 Å². The predicted octanol–water partition coefficient (Wildman–Crippen LogP) is 3.14. The highest BCUT2D eigenvalue weighted by atomic mass is 19.1. The number of carboxylic acid groups (broad SMARTS) is 1. The molecule has 3 rings (SSSR count). The minimum atomic E-state index is -0.990. The van der Waals surface area contributed by atoms with Crippen LogP contribution in [-0.2, 0) is 11.3 Å². The van der Waals surface area contributed by atoms with Crippen molar-refractivity contribution in [1.82, 2.24) is 14.1 Å². The lowest BCUT2D eigenvalue weighted by Crippen LogP contribution is -2.24. The van der Waals surface area contributed by atoms with E-state index in [1.54, 1.807) is 18.5 Å². The molecule has 0 spiro atoms. The Morgan fingerprint density at radius 1 is 1.25 bits per heavy atom. The standard InChI is InChI=1S/C20H21FN4O3/c1-13(2)23-18-11-14(7-9-22-18)17-12-24(10-8-19(26)27)20(28)25(17)16-5-3-15(21)4-6-16/h3-7,9,11-13H,8,10H2,1-2H3,(H,22,23)(H,26,27). The third-order valence-electron chi connectivity index (χ3n) is 4.10. The van der Waals surface area contributed by atoms with Gasteiger partial charge in [0.1, 0.15) is 11.6 Å². The van der Waals surface area contributed by atoms with Gasteiger partial charge in [-0.25, -0.2) is 14.2 Å². The van der Waals surface area contributed by atoms with Crippen LogP contribution in [0.4, 0.5) is 10.2 Å². The van der Waals surface area contributed by atoms with Crippen molar-refractivity contribution >= 4 is 11.8 Å². The Labute approximate surface area is 161 Å². The van der Waals surface area contributed by atoms with Gasteiger partial charge in [0.2, 0.25) is 0 Å². The number of nitrogens with one attached hydrogen (secondary N) is 1. The van der Waals surface area contributed by atoms with E-state index in [-0.39, 0.29) is 19.0 Å². The van der Waals surface area contributed by atoms with Crippen LogP contribution in [0.5, 0.6) is 0 Å². The van der Waals surface area contributed by atoms with E-state index < -0.39 is 17.5 Å². The van der Waals surface area contributed by atoms with Crippen LogP contribution in [0.1, 0.15) is 20.3 Å². The number of aryl methyl sites for hydroxylation is 1. The average molecular weight is 384 g/mol. The van der Waals surface area contributed by atoms with Gasteiger partial charge in [-0.1, -0.05) is 0 Å². The summed E-state index contributed by atoms with van der Waals surface area (Å²) in [6.07, 6.45) is 3.07. The van der Waals surface area contributed by atoms with Gasteiger partial charge in [0.05, 0.1) is 17.8 Å².